The average Bonchev–Trinajstić information content (AvgIpc) is 3.00. The number of fused-ring (bicyclic) bond motifs is 1. The van der Waals surface area contributed by atoms with Gasteiger partial charge in [-0.05, 0) is 58.7 Å². The first-order valence-electron chi connectivity index (χ1n) is 13.5. The fourth-order valence-electron chi connectivity index (χ4n) is 5.22. The van der Waals surface area contributed by atoms with E-state index in [2.05, 4.69) is 10.6 Å². The second-order valence-electron chi connectivity index (χ2n) is 10.0. The summed E-state index contributed by atoms with van der Waals surface area (Å²) in [4.78, 5) is 29.0. The molecule has 2 atom stereocenters. The third kappa shape index (κ3) is 7.32. The van der Waals surface area contributed by atoms with Crippen molar-refractivity contribution in [2.24, 2.45) is 5.73 Å². The lowest BCUT2D eigenvalue weighted by Gasteiger charge is -2.33. The van der Waals surface area contributed by atoms with Gasteiger partial charge in [0.05, 0.1) is 5.92 Å². The second-order valence-corrected chi connectivity index (χ2v) is 11.2. The van der Waals surface area contributed by atoms with Gasteiger partial charge in [-0.1, -0.05) is 78.9 Å². The van der Waals surface area contributed by atoms with Crippen molar-refractivity contribution in [3.05, 3.63) is 131 Å². The summed E-state index contributed by atoms with van der Waals surface area (Å²) in [6, 6.07) is 30.5. The van der Waals surface area contributed by atoms with Crippen molar-refractivity contribution in [3.8, 4) is 5.75 Å². The molecule has 6 N–H and O–H groups in total. The number of phenolic OH excluding ortho intramolecular Hbond substituents is 1. The van der Waals surface area contributed by atoms with Crippen LogP contribution >= 0.6 is 35.7 Å². The molecule has 0 aliphatic carbocycles. The molecule has 5 rings (SSSR count). The standard InChI is InChI=1S/C33H32N4O3S.HI/c34-31(35)24-13-16-28-27(19-24)26(17-18-41-28)30(33(40)36-20-21-11-14-25(38)15-12-21)37-32(39)29(22-7-3-1-4-8-22)23-9-5-2-6-10-23;/h1-16,19,26,29-30,38H,17-18,20H2,(H3,34,35)(H,36,40)(H,37,39);1H. The summed E-state index contributed by atoms with van der Waals surface area (Å²) in [5.41, 5.74) is 9.78. The summed E-state index contributed by atoms with van der Waals surface area (Å²) in [5, 5.41) is 23.7. The quantitative estimate of drug-likeness (QED) is 0.0899. The number of hydrogen-bond acceptors (Lipinski definition) is 5. The fraction of sp³-hybridized carbons (Fsp3) is 0.182. The number of thioether (sulfide) groups is 1. The Morgan fingerprint density at radius 3 is 2.12 bits per heavy atom. The zero-order chi connectivity index (χ0) is 28.8. The number of halogens is 1. The summed E-state index contributed by atoms with van der Waals surface area (Å²) in [6.45, 7) is 0.244. The molecule has 2 amide bonds. The largest absolute Gasteiger partial charge is 0.508 e. The Morgan fingerprint density at radius 2 is 1.52 bits per heavy atom. The van der Waals surface area contributed by atoms with E-state index in [0.717, 1.165) is 32.9 Å². The number of aromatic hydroxyl groups is 1. The number of nitrogens with two attached hydrogens (primary N) is 1. The van der Waals surface area contributed by atoms with Crippen LogP contribution in [-0.4, -0.2) is 34.6 Å². The Hall–Kier alpha value is -3.83. The summed E-state index contributed by atoms with van der Waals surface area (Å²) in [6.07, 6.45) is 0.665. The molecule has 0 aromatic heterocycles. The van der Waals surface area contributed by atoms with E-state index in [1.165, 1.54) is 0 Å². The number of rotatable bonds is 9. The van der Waals surface area contributed by atoms with Crippen LogP contribution in [-0.2, 0) is 16.1 Å². The summed E-state index contributed by atoms with van der Waals surface area (Å²) in [7, 11) is 0. The second kappa shape index (κ2) is 14.4. The molecular formula is C33H33IN4O3S. The van der Waals surface area contributed by atoms with Gasteiger partial charge in [0.2, 0.25) is 11.8 Å². The molecule has 2 unspecified atom stereocenters. The lowest BCUT2D eigenvalue weighted by atomic mass is 9.85. The highest BCUT2D eigenvalue weighted by Gasteiger charge is 2.36. The van der Waals surface area contributed by atoms with Crippen molar-refractivity contribution in [1.82, 2.24) is 10.6 Å². The molecule has 0 fully saturated rings. The highest BCUT2D eigenvalue weighted by molar-refractivity contribution is 14.0. The van der Waals surface area contributed by atoms with Gasteiger partial charge in [0.25, 0.3) is 0 Å². The minimum Gasteiger partial charge on any atom is -0.508 e. The van der Waals surface area contributed by atoms with Crippen LogP contribution in [0.15, 0.2) is 108 Å². The minimum atomic E-state index is -0.864. The number of phenols is 1. The van der Waals surface area contributed by atoms with Crippen molar-refractivity contribution in [2.45, 2.75) is 35.7 Å². The monoisotopic (exact) mass is 692 g/mol. The van der Waals surface area contributed by atoms with Crippen molar-refractivity contribution >= 4 is 53.4 Å². The van der Waals surface area contributed by atoms with E-state index in [1.54, 1.807) is 36.0 Å². The predicted octanol–water partition coefficient (Wildman–Crippen LogP) is 5.51. The van der Waals surface area contributed by atoms with Crippen LogP contribution in [0.4, 0.5) is 0 Å². The van der Waals surface area contributed by atoms with Crippen molar-refractivity contribution in [3.63, 3.8) is 0 Å². The normalized spacial score (nSPS) is 14.6. The van der Waals surface area contributed by atoms with Gasteiger partial charge in [-0.15, -0.1) is 35.7 Å². The third-order valence-corrected chi connectivity index (χ3v) is 8.44. The van der Waals surface area contributed by atoms with Crippen LogP contribution in [0.5, 0.6) is 5.75 Å². The van der Waals surface area contributed by atoms with Crippen LogP contribution in [0.25, 0.3) is 0 Å². The van der Waals surface area contributed by atoms with Gasteiger partial charge in [0.15, 0.2) is 0 Å². The predicted molar refractivity (Wildman–Crippen MR) is 178 cm³/mol. The maximum atomic E-state index is 14.1. The number of amidine groups is 1. The molecule has 4 aromatic rings. The van der Waals surface area contributed by atoms with E-state index in [9.17, 15) is 14.7 Å². The van der Waals surface area contributed by atoms with Gasteiger partial charge in [-0.2, -0.15) is 0 Å². The number of carbonyl (C=O) groups excluding carboxylic acids is 2. The molecule has 4 aromatic carbocycles. The molecule has 216 valence electrons. The molecule has 0 saturated heterocycles. The molecular weight excluding hydrogens is 659 g/mol. The smallest absolute Gasteiger partial charge is 0.243 e. The zero-order valence-corrected chi connectivity index (χ0v) is 26.0. The molecule has 0 spiro atoms. The molecule has 0 radical (unpaired) electrons. The third-order valence-electron chi connectivity index (χ3n) is 7.32. The molecule has 1 aliphatic heterocycles. The Bertz CT molecular complexity index is 1490. The topological polar surface area (TPSA) is 128 Å². The Kier molecular flexibility index (Phi) is 10.6. The van der Waals surface area contributed by atoms with Crippen LogP contribution in [0.2, 0.25) is 0 Å². The number of hydrogen-bond donors (Lipinski definition) is 5. The maximum Gasteiger partial charge on any atom is 0.243 e. The van der Waals surface area contributed by atoms with E-state index in [0.29, 0.717) is 12.0 Å². The van der Waals surface area contributed by atoms with Gasteiger partial charge >= 0.3 is 0 Å². The number of nitrogen functional groups attached to an aromatic ring is 1. The molecule has 9 heteroatoms. The molecule has 0 saturated carbocycles. The van der Waals surface area contributed by atoms with Crippen LogP contribution in [0, 0.1) is 5.41 Å². The summed E-state index contributed by atoms with van der Waals surface area (Å²) < 4.78 is 0. The van der Waals surface area contributed by atoms with Gasteiger partial charge in [-0.3, -0.25) is 15.0 Å². The van der Waals surface area contributed by atoms with Gasteiger partial charge in [0.1, 0.15) is 17.6 Å². The molecule has 1 heterocycles. The minimum absolute atomic E-state index is 0. The molecule has 1 aliphatic rings. The van der Waals surface area contributed by atoms with Gasteiger partial charge < -0.3 is 21.5 Å². The van der Waals surface area contributed by atoms with Crippen molar-refractivity contribution in [2.75, 3.05) is 5.75 Å². The van der Waals surface area contributed by atoms with E-state index in [4.69, 9.17) is 11.1 Å². The number of nitrogens with one attached hydrogen (secondary N) is 3. The first kappa shape index (κ1) is 31.1. The molecule has 0 bridgehead atoms. The fourth-order valence-corrected chi connectivity index (χ4v) is 6.35. The van der Waals surface area contributed by atoms with E-state index < -0.39 is 12.0 Å². The van der Waals surface area contributed by atoms with Gasteiger partial charge in [-0.25, -0.2) is 0 Å². The van der Waals surface area contributed by atoms with Crippen LogP contribution < -0.4 is 16.4 Å². The van der Waals surface area contributed by atoms with E-state index in [-0.39, 0.29) is 59.8 Å². The average molecular weight is 693 g/mol. The lowest BCUT2D eigenvalue weighted by Crippen LogP contribution is -2.51. The van der Waals surface area contributed by atoms with Crippen molar-refractivity contribution in [1.29, 1.82) is 5.41 Å². The Balaban J connectivity index is 0.00000405. The Morgan fingerprint density at radius 1 is 0.905 bits per heavy atom. The number of benzene rings is 4. The lowest BCUT2D eigenvalue weighted by molar-refractivity contribution is -0.130. The summed E-state index contributed by atoms with van der Waals surface area (Å²) >= 11 is 1.69. The highest BCUT2D eigenvalue weighted by Crippen LogP contribution is 2.40. The highest BCUT2D eigenvalue weighted by atomic mass is 127. The number of amides is 2. The first-order chi connectivity index (χ1) is 19.9. The Labute approximate surface area is 266 Å². The summed E-state index contributed by atoms with van der Waals surface area (Å²) in [5.74, 6) is -0.608. The SMILES string of the molecule is I.N=C(N)c1ccc2c(c1)C(C(NC(=O)C(c1ccccc1)c1ccccc1)C(=O)NCc1ccc(O)cc1)CCS2. The molecule has 7 nitrogen and oxygen atoms in total. The van der Waals surface area contributed by atoms with Crippen LogP contribution in [0.3, 0.4) is 0 Å². The van der Waals surface area contributed by atoms with Gasteiger partial charge in [0, 0.05) is 22.9 Å². The van der Waals surface area contributed by atoms with Crippen molar-refractivity contribution < 1.29 is 14.7 Å². The number of carbonyl (C=O) groups is 2. The van der Waals surface area contributed by atoms with E-state index >= 15 is 0 Å². The van der Waals surface area contributed by atoms with Crippen LogP contribution in [0.1, 0.15) is 46.1 Å². The van der Waals surface area contributed by atoms with E-state index in [1.807, 2.05) is 78.9 Å². The first-order valence-corrected chi connectivity index (χ1v) is 14.5. The molecule has 42 heavy (non-hydrogen) atoms. The maximum absolute atomic E-state index is 14.1. The zero-order valence-electron chi connectivity index (χ0n) is 22.8.